The van der Waals surface area contributed by atoms with Crippen LogP contribution in [0, 0.1) is 6.92 Å². The molecular formula is C18H21BN4O3. The number of ketones is 1. The molecule has 26 heavy (non-hydrogen) atoms. The highest BCUT2D eigenvalue weighted by Crippen LogP contribution is 2.36. The van der Waals surface area contributed by atoms with Crippen molar-refractivity contribution in [3.8, 4) is 5.75 Å². The van der Waals surface area contributed by atoms with E-state index in [0.29, 0.717) is 17.7 Å². The second-order valence-electron chi connectivity index (χ2n) is 6.49. The van der Waals surface area contributed by atoms with Crippen LogP contribution < -0.4 is 16.1 Å². The molecule has 5 N–H and O–H groups in total. The number of hydrogen-bond acceptors (Lipinski definition) is 5. The molecule has 1 aromatic carbocycles. The number of Topliss-reactive ketones (excluding diaryl/α,β-unsaturated/α-hetero) is 1. The van der Waals surface area contributed by atoms with E-state index in [1.54, 1.807) is 12.3 Å². The van der Waals surface area contributed by atoms with Crippen molar-refractivity contribution in [2.75, 3.05) is 0 Å². The Morgan fingerprint density at radius 1 is 1.42 bits per heavy atom. The molecule has 1 aliphatic rings. The fraction of sp³-hybridized carbons (Fsp3) is 0.278. The molecule has 0 radical (unpaired) electrons. The first-order chi connectivity index (χ1) is 12.4. The van der Waals surface area contributed by atoms with Crippen molar-refractivity contribution in [1.29, 1.82) is 0 Å². The smallest absolute Gasteiger partial charge is 0.526 e. The second-order valence-corrected chi connectivity index (χ2v) is 6.49. The summed E-state index contributed by atoms with van der Waals surface area (Å²) in [6, 6.07) is 7.56. The Bertz CT molecular complexity index is 852. The van der Waals surface area contributed by atoms with Crippen LogP contribution in [0.2, 0.25) is 5.82 Å². The van der Waals surface area contributed by atoms with Gasteiger partial charge in [0.1, 0.15) is 5.75 Å². The van der Waals surface area contributed by atoms with Crippen molar-refractivity contribution in [3.63, 3.8) is 0 Å². The van der Waals surface area contributed by atoms with Gasteiger partial charge in [0.05, 0.1) is 6.54 Å². The zero-order chi connectivity index (χ0) is 18.7. The van der Waals surface area contributed by atoms with Crippen molar-refractivity contribution in [3.05, 3.63) is 58.9 Å². The van der Waals surface area contributed by atoms with E-state index in [1.165, 1.54) is 6.20 Å². The maximum Gasteiger partial charge on any atom is 0.526 e. The molecule has 0 amide bonds. The summed E-state index contributed by atoms with van der Waals surface area (Å²) in [6.45, 7) is 2.20. The van der Waals surface area contributed by atoms with Gasteiger partial charge in [0.25, 0.3) is 0 Å². The Hall–Kier alpha value is -2.87. The summed E-state index contributed by atoms with van der Waals surface area (Å²) < 4.78 is 5.64. The van der Waals surface area contributed by atoms with Crippen LogP contribution in [0.3, 0.4) is 0 Å². The van der Waals surface area contributed by atoms with Gasteiger partial charge in [-0.05, 0) is 36.1 Å². The molecule has 134 valence electrons. The molecule has 8 heteroatoms. The zero-order valence-electron chi connectivity index (χ0n) is 14.6. The molecule has 1 atom stereocenters. The average Bonchev–Trinajstić information content (AvgIpc) is 2.62. The molecule has 0 saturated heterocycles. The quantitative estimate of drug-likeness (QED) is 0.322. The standard InChI is InChI=1S/C18H21BN4O3/c1-11-3-2-4-13-6-15(19(25)26-17(11)13)7-16(24)14-5-12(8-22-10-14)9-23-18(20)21/h2-5,8,10,15,25H,6-7,9H2,1H3,(H4,20,21,23). The fourth-order valence-corrected chi connectivity index (χ4v) is 3.08. The highest BCUT2D eigenvalue weighted by atomic mass is 16.5. The third-order valence-electron chi connectivity index (χ3n) is 4.43. The zero-order valence-corrected chi connectivity index (χ0v) is 14.6. The van der Waals surface area contributed by atoms with Gasteiger partial charge in [0, 0.05) is 30.2 Å². The van der Waals surface area contributed by atoms with E-state index in [4.69, 9.17) is 16.1 Å². The molecule has 0 saturated carbocycles. The highest BCUT2D eigenvalue weighted by Gasteiger charge is 2.36. The van der Waals surface area contributed by atoms with Gasteiger partial charge in [-0.15, -0.1) is 0 Å². The number of aromatic nitrogens is 1. The number of pyridine rings is 1. The number of carbonyl (C=O) groups is 1. The van der Waals surface area contributed by atoms with E-state index in [2.05, 4.69) is 9.98 Å². The van der Waals surface area contributed by atoms with E-state index in [9.17, 15) is 9.82 Å². The van der Waals surface area contributed by atoms with E-state index in [1.807, 2.05) is 25.1 Å². The number of aryl methyl sites for hydroxylation is 1. The third kappa shape index (κ3) is 4.03. The Kier molecular flexibility index (Phi) is 5.23. The number of nitrogens with zero attached hydrogens (tertiary/aromatic N) is 2. The lowest BCUT2D eigenvalue weighted by Gasteiger charge is -2.28. The lowest BCUT2D eigenvalue weighted by atomic mass is 9.64. The van der Waals surface area contributed by atoms with Crippen LogP contribution >= 0.6 is 0 Å². The van der Waals surface area contributed by atoms with Gasteiger partial charge < -0.3 is 21.1 Å². The van der Waals surface area contributed by atoms with Crippen molar-refractivity contribution in [2.24, 2.45) is 16.5 Å². The molecule has 7 nitrogen and oxygen atoms in total. The minimum Gasteiger partial charge on any atom is -0.536 e. The van der Waals surface area contributed by atoms with Gasteiger partial charge in [-0.1, -0.05) is 18.2 Å². The first-order valence-electron chi connectivity index (χ1n) is 8.39. The van der Waals surface area contributed by atoms with E-state index in [-0.39, 0.29) is 30.5 Å². The normalized spacial score (nSPS) is 15.8. The Morgan fingerprint density at radius 2 is 2.23 bits per heavy atom. The van der Waals surface area contributed by atoms with Crippen molar-refractivity contribution in [2.45, 2.75) is 32.1 Å². The summed E-state index contributed by atoms with van der Waals surface area (Å²) in [5.41, 5.74) is 13.8. The van der Waals surface area contributed by atoms with E-state index in [0.717, 1.165) is 16.7 Å². The maximum atomic E-state index is 12.6. The summed E-state index contributed by atoms with van der Waals surface area (Å²) >= 11 is 0. The van der Waals surface area contributed by atoms with Crippen molar-refractivity contribution in [1.82, 2.24) is 4.98 Å². The number of aliphatic imine (C=N–C) groups is 1. The molecule has 2 aromatic rings. The number of carbonyl (C=O) groups excluding carboxylic acids is 1. The topological polar surface area (TPSA) is 124 Å². The van der Waals surface area contributed by atoms with Crippen molar-refractivity contribution < 1.29 is 14.5 Å². The highest BCUT2D eigenvalue weighted by molar-refractivity contribution is 6.47. The Labute approximate surface area is 152 Å². The number of hydrogen-bond donors (Lipinski definition) is 3. The Balaban J connectivity index is 1.72. The minimum atomic E-state index is -1.01. The van der Waals surface area contributed by atoms with Gasteiger partial charge in [-0.2, -0.15) is 0 Å². The van der Waals surface area contributed by atoms with Gasteiger partial charge in [0.2, 0.25) is 0 Å². The summed E-state index contributed by atoms with van der Waals surface area (Å²) in [6.07, 6.45) is 3.88. The molecule has 0 bridgehead atoms. The molecular weight excluding hydrogens is 331 g/mol. The number of benzene rings is 1. The monoisotopic (exact) mass is 352 g/mol. The van der Waals surface area contributed by atoms with Gasteiger partial charge in [-0.25, -0.2) is 4.99 Å². The summed E-state index contributed by atoms with van der Waals surface area (Å²) in [7, 11) is -1.01. The second kappa shape index (κ2) is 7.57. The Morgan fingerprint density at radius 3 is 3.00 bits per heavy atom. The summed E-state index contributed by atoms with van der Waals surface area (Å²) in [5.74, 6) is 0.286. The van der Waals surface area contributed by atoms with E-state index < -0.39 is 7.12 Å². The molecule has 0 fully saturated rings. The molecule has 1 aliphatic heterocycles. The molecule has 2 heterocycles. The molecule has 1 aromatic heterocycles. The number of guanidine groups is 1. The summed E-state index contributed by atoms with van der Waals surface area (Å²) in [4.78, 5) is 20.6. The number of rotatable bonds is 5. The minimum absolute atomic E-state index is 0.0156. The third-order valence-corrected chi connectivity index (χ3v) is 4.43. The first-order valence-corrected chi connectivity index (χ1v) is 8.39. The molecule has 3 rings (SSSR count). The van der Waals surface area contributed by atoms with Crippen LogP contribution in [0.1, 0.15) is 33.5 Å². The lowest BCUT2D eigenvalue weighted by molar-refractivity contribution is 0.0974. The SMILES string of the molecule is Cc1cccc2c1OB(O)C(CC(=O)c1cncc(CN=C(N)N)c1)C2. The average molecular weight is 352 g/mol. The number of fused-ring (bicyclic) bond motifs is 1. The van der Waals surface area contributed by atoms with Gasteiger partial charge in [0.15, 0.2) is 11.7 Å². The molecule has 1 unspecified atom stereocenters. The molecule has 0 aliphatic carbocycles. The van der Waals surface area contributed by atoms with Gasteiger partial charge in [-0.3, -0.25) is 9.78 Å². The van der Waals surface area contributed by atoms with Crippen LogP contribution in [0.15, 0.2) is 41.7 Å². The summed E-state index contributed by atoms with van der Waals surface area (Å²) in [5, 5.41) is 10.3. The van der Waals surface area contributed by atoms with Crippen LogP contribution in [0.25, 0.3) is 0 Å². The first kappa shape index (κ1) is 17.9. The largest absolute Gasteiger partial charge is 0.536 e. The fourth-order valence-electron chi connectivity index (χ4n) is 3.08. The predicted molar refractivity (Wildman–Crippen MR) is 99.9 cm³/mol. The lowest BCUT2D eigenvalue weighted by Crippen LogP contribution is -2.35. The van der Waals surface area contributed by atoms with Crippen molar-refractivity contribution >= 4 is 18.9 Å². The van der Waals surface area contributed by atoms with Crippen LogP contribution in [-0.4, -0.2) is 28.9 Å². The van der Waals surface area contributed by atoms with Crippen LogP contribution in [0.4, 0.5) is 0 Å². The maximum absolute atomic E-state index is 12.6. The number of para-hydroxylation sites is 1. The van der Waals surface area contributed by atoms with Gasteiger partial charge >= 0.3 is 7.12 Å². The van der Waals surface area contributed by atoms with Crippen LogP contribution in [-0.2, 0) is 13.0 Å². The number of nitrogens with two attached hydrogens (primary N) is 2. The predicted octanol–water partition coefficient (Wildman–Crippen LogP) is 1.22. The van der Waals surface area contributed by atoms with Crippen LogP contribution in [0.5, 0.6) is 5.75 Å². The van der Waals surface area contributed by atoms with E-state index >= 15 is 0 Å². The molecule has 0 spiro atoms.